The predicted octanol–water partition coefficient (Wildman–Crippen LogP) is 4.61. The molecule has 0 spiro atoms. The summed E-state index contributed by atoms with van der Waals surface area (Å²) < 4.78 is 10.5. The third kappa shape index (κ3) is 4.47. The fourth-order valence-corrected chi connectivity index (χ4v) is 5.12. The molecule has 2 aromatic carbocycles. The highest BCUT2D eigenvalue weighted by Crippen LogP contribution is 2.49. The quantitative estimate of drug-likeness (QED) is 0.716. The third-order valence-electron chi connectivity index (χ3n) is 6.84. The third-order valence-corrected chi connectivity index (χ3v) is 6.84. The number of rotatable bonds is 5. The number of likely N-dealkylation sites (tertiary alicyclic amines) is 1. The number of amides is 1. The summed E-state index contributed by atoms with van der Waals surface area (Å²) in [5.41, 5.74) is 1.30. The summed E-state index contributed by atoms with van der Waals surface area (Å²) in [7, 11) is 3.28. The molecule has 1 saturated heterocycles. The molecule has 0 bridgehead atoms. The first-order valence-electron chi connectivity index (χ1n) is 11.0. The highest BCUT2D eigenvalue weighted by atomic mass is 16.5. The van der Waals surface area contributed by atoms with Gasteiger partial charge in [-0.15, -0.1) is 0 Å². The van der Waals surface area contributed by atoms with Gasteiger partial charge in [0.05, 0.1) is 25.9 Å². The largest absolute Gasteiger partial charge is 0.497 e. The summed E-state index contributed by atoms with van der Waals surface area (Å²) in [4.78, 5) is 15.2. The maximum atomic E-state index is 13.3. The number of fused-ring (bicyclic) bond motifs is 1. The maximum Gasteiger partial charge on any atom is 0.247 e. The van der Waals surface area contributed by atoms with Gasteiger partial charge >= 0.3 is 0 Å². The van der Waals surface area contributed by atoms with E-state index in [1.165, 1.54) is 0 Å². The van der Waals surface area contributed by atoms with Crippen LogP contribution in [-0.4, -0.2) is 42.3 Å². The van der Waals surface area contributed by atoms with Gasteiger partial charge in [-0.1, -0.05) is 37.1 Å². The minimum Gasteiger partial charge on any atom is -0.497 e. The Labute approximate surface area is 184 Å². The Morgan fingerprint density at radius 1 is 1.00 bits per heavy atom. The summed E-state index contributed by atoms with van der Waals surface area (Å²) >= 11 is 0. The molecule has 1 aliphatic carbocycles. The highest BCUT2D eigenvalue weighted by Gasteiger charge is 2.49. The Bertz CT molecular complexity index is 921. The first-order chi connectivity index (χ1) is 15.0. The van der Waals surface area contributed by atoms with Gasteiger partial charge in [0.15, 0.2) is 0 Å². The maximum absolute atomic E-state index is 13.3. The lowest BCUT2D eigenvalue weighted by Gasteiger charge is -2.52. The first kappa shape index (κ1) is 21.4. The molecule has 4 rings (SSSR count). The van der Waals surface area contributed by atoms with Crippen LogP contribution in [0.1, 0.15) is 49.3 Å². The predicted molar refractivity (Wildman–Crippen MR) is 121 cm³/mol. The van der Waals surface area contributed by atoms with E-state index in [9.17, 15) is 9.90 Å². The van der Waals surface area contributed by atoms with Gasteiger partial charge in [0.2, 0.25) is 5.91 Å². The van der Waals surface area contributed by atoms with Gasteiger partial charge < -0.3 is 19.5 Å². The van der Waals surface area contributed by atoms with E-state index in [0.29, 0.717) is 13.0 Å². The van der Waals surface area contributed by atoms with Gasteiger partial charge in [0, 0.05) is 18.5 Å². The van der Waals surface area contributed by atoms with Crippen LogP contribution >= 0.6 is 0 Å². The zero-order chi connectivity index (χ0) is 21.8. The zero-order valence-corrected chi connectivity index (χ0v) is 18.3. The molecule has 1 saturated carbocycles. The van der Waals surface area contributed by atoms with Gasteiger partial charge in [-0.3, -0.25) is 4.79 Å². The molecule has 1 heterocycles. The van der Waals surface area contributed by atoms with Crippen molar-refractivity contribution < 1.29 is 19.4 Å². The van der Waals surface area contributed by atoms with Gasteiger partial charge in [0.1, 0.15) is 11.5 Å². The molecular formula is C26H31NO4. The average molecular weight is 422 g/mol. The van der Waals surface area contributed by atoms with E-state index >= 15 is 0 Å². The Kier molecular flexibility index (Phi) is 6.33. The van der Waals surface area contributed by atoms with Crippen LogP contribution in [0.5, 0.6) is 11.5 Å². The SMILES string of the molecule is COc1ccc(/C=C/C(=O)N2CC[C@@]3(O)CCCC[C@H]3C2c2ccc(OC)cc2)cc1. The van der Waals surface area contributed by atoms with Crippen molar-refractivity contribution in [1.82, 2.24) is 4.90 Å². The molecule has 5 heteroatoms. The van der Waals surface area contributed by atoms with E-state index in [1.807, 2.05) is 59.5 Å². The van der Waals surface area contributed by atoms with Gasteiger partial charge in [-0.25, -0.2) is 0 Å². The normalized spacial score (nSPS) is 25.8. The summed E-state index contributed by atoms with van der Waals surface area (Å²) in [5, 5.41) is 11.4. The minimum atomic E-state index is -0.695. The summed E-state index contributed by atoms with van der Waals surface area (Å²) in [5.74, 6) is 1.59. The molecular weight excluding hydrogens is 390 g/mol. The Morgan fingerprint density at radius 3 is 2.29 bits per heavy atom. The molecule has 2 fully saturated rings. The van der Waals surface area contributed by atoms with Crippen molar-refractivity contribution in [3.05, 3.63) is 65.7 Å². The van der Waals surface area contributed by atoms with E-state index in [0.717, 1.165) is 48.3 Å². The molecule has 31 heavy (non-hydrogen) atoms. The van der Waals surface area contributed by atoms with Crippen LogP contribution in [0.15, 0.2) is 54.6 Å². The molecule has 5 nitrogen and oxygen atoms in total. The molecule has 0 aromatic heterocycles. The highest BCUT2D eigenvalue weighted by molar-refractivity contribution is 5.92. The lowest BCUT2D eigenvalue weighted by molar-refractivity contribution is -0.150. The summed E-state index contributed by atoms with van der Waals surface area (Å²) in [6.07, 6.45) is 8.00. The molecule has 2 aliphatic rings. The van der Waals surface area contributed by atoms with E-state index in [1.54, 1.807) is 20.3 Å². The molecule has 1 amide bonds. The van der Waals surface area contributed by atoms with Crippen LogP contribution in [0.4, 0.5) is 0 Å². The molecule has 1 N–H and O–H groups in total. The molecule has 3 atom stereocenters. The van der Waals surface area contributed by atoms with Gasteiger partial charge in [-0.2, -0.15) is 0 Å². The van der Waals surface area contributed by atoms with Crippen molar-refractivity contribution in [2.24, 2.45) is 5.92 Å². The Morgan fingerprint density at radius 2 is 1.65 bits per heavy atom. The number of ether oxygens (including phenoxy) is 2. The monoisotopic (exact) mass is 421 g/mol. The smallest absolute Gasteiger partial charge is 0.247 e. The molecule has 2 aromatic rings. The van der Waals surface area contributed by atoms with Crippen molar-refractivity contribution >= 4 is 12.0 Å². The topological polar surface area (TPSA) is 59.0 Å². The fourth-order valence-electron chi connectivity index (χ4n) is 5.12. The lowest BCUT2D eigenvalue weighted by Crippen LogP contribution is -2.56. The van der Waals surface area contributed by atoms with Crippen LogP contribution in [0.25, 0.3) is 6.08 Å². The lowest BCUT2D eigenvalue weighted by atomic mass is 9.66. The molecule has 0 radical (unpaired) electrons. The number of hydrogen-bond acceptors (Lipinski definition) is 4. The number of methoxy groups -OCH3 is 2. The average Bonchev–Trinajstić information content (AvgIpc) is 2.82. The van der Waals surface area contributed by atoms with Crippen LogP contribution in [0, 0.1) is 5.92 Å². The molecule has 1 unspecified atom stereocenters. The second-order valence-electron chi connectivity index (χ2n) is 8.56. The van der Waals surface area contributed by atoms with E-state index in [4.69, 9.17) is 9.47 Å². The zero-order valence-electron chi connectivity index (χ0n) is 18.3. The number of aliphatic hydroxyl groups is 1. The summed E-state index contributed by atoms with van der Waals surface area (Å²) in [6.45, 7) is 0.551. The number of nitrogens with zero attached hydrogens (tertiary/aromatic N) is 1. The van der Waals surface area contributed by atoms with Crippen LogP contribution < -0.4 is 9.47 Å². The second kappa shape index (κ2) is 9.15. The standard InChI is InChI=1S/C26H31NO4/c1-30-21-11-6-19(7-12-21)8-15-24(28)27-18-17-26(29)16-4-3-5-23(26)25(27)20-9-13-22(31-2)14-10-20/h6-15,23,25,29H,3-5,16-18H2,1-2H3/b15-8+/t23-,25?,26-/m0/s1. The first-order valence-corrected chi connectivity index (χ1v) is 11.0. The van der Waals surface area contributed by atoms with Crippen molar-refractivity contribution in [1.29, 1.82) is 0 Å². The molecule has 1 aliphatic heterocycles. The number of benzene rings is 2. The van der Waals surface area contributed by atoms with E-state index in [-0.39, 0.29) is 17.9 Å². The molecule has 164 valence electrons. The number of piperidine rings is 1. The van der Waals surface area contributed by atoms with Crippen LogP contribution in [0.3, 0.4) is 0 Å². The van der Waals surface area contributed by atoms with Gasteiger partial charge in [-0.05, 0) is 60.7 Å². The van der Waals surface area contributed by atoms with Crippen LogP contribution in [-0.2, 0) is 4.79 Å². The number of carbonyl (C=O) groups is 1. The number of carbonyl (C=O) groups excluding carboxylic acids is 1. The Balaban J connectivity index is 1.61. The summed E-state index contributed by atoms with van der Waals surface area (Å²) in [6, 6.07) is 15.4. The minimum absolute atomic E-state index is 0.0238. The van der Waals surface area contributed by atoms with Crippen molar-refractivity contribution in [2.75, 3.05) is 20.8 Å². The van der Waals surface area contributed by atoms with Crippen LogP contribution in [0.2, 0.25) is 0 Å². The van der Waals surface area contributed by atoms with Crippen molar-refractivity contribution in [2.45, 2.75) is 43.7 Å². The van der Waals surface area contributed by atoms with Crippen molar-refractivity contribution in [3.63, 3.8) is 0 Å². The fraction of sp³-hybridized carbons (Fsp3) is 0.423. The van der Waals surface area contributed by atoms with Crippen molar-refractivity contribution in [3.8, 4) is 11.5 Å². The van der Waals surface area contributed by atoms with E-state index < -0.39 is 5.60 Å². The Hall–Kier alpha value is -2.79. The van der Waals surface area contributed by atoms with Gasteiger partial charge in [0.25, 0.3) is 0 Å². The number of hydrogen-bond donors (Lipinski definition) is 1. The van der Waals surface area contributed by atoms with E-state index in [2.05, 4.69) is 0 Å². The second-order valence-corrected chi connectivity index (χ2v) is 8.56.